The third kappa shape index (κ3) is 6.00. The summed E-state index contributed by atoms with van der Waals surface area (Å²) in [5.41, 5.74) is 2.38. The highest BCUT2D eigenvalue weighted by molar-refractivity contribution is 5.40. The van der Waals surface area contributed by atoms with Gasteiger partial charge in [-0.1, -0.05) is 33.1 Å². The molecule has 114 valence electrons. The van der Waals surface area contributed by atoms with E-state index in [-0.39, 0.29) is 5.76 Å². The molecular formula is C17H30N2O. The number of aliphatic hydroxyl groups excluding tert-OH is 1. The van der Waals surface area contributed by atoms with Crippen LogP contribution in [0.3, 0.4) is 0 Å². The average Bonchev–Trinajstić information content (AvgIpc) is 2.43. The molecule has 2 N–H and O–H groups in total. The summed E-state index contributed by atoms with van der Waals surface area (Å²) in [5.74, 6) is 0.207. The van der Waals surface area contributed by atoms with Crippen molar-refractivity contribution in [2.24, 2.45) is 0 Å². The van der Waals surface area contributed by atoms with E-state index in [1.54, 1.807) is 6.08 Å². The predicted molar refractivity (Wildman–Crippen MR) is 88.6 cm³/mol. The Morgan fingerprint density at radius 3 is 2.10 bits per heavy atom. The maximum Gasteiger partial charge on any atom is 0.138 e. The zero-order valence-electron chi connectivity index (χ0n) is 13.5. The number of hydrogen-bond acceptors (Lipinski definition) is 3. The fraction of sp³-hybridized carbons (Fsp3) is 0.529. The molecule has 20 heavy (non-hydrogen) atoms. The number of aliphatic hydroxyl groups is 1. The van der Waals surface area contributed by atoms with E-state index in [0.29, 0.717) is 5.70 Å². The Labute approximate surface area is 124 Å². The molecule has 0 heterocycles. The van der Waals surface area contributed by atoms with E-state index < -0.39 is 0 Å². The molecule has 0 amide bonds. The van der Waals surface area contributed by atoms with Crippen molar-refractivity contribution in [2.45, 2.75) is 40.5 Å². The standard InChI is InChI=1S/C17H30N2O/c1-7-11-19(12-8-2)15(6)17(20)13-16(9-3)14(5)18-10-4/h9,13,18,20H,5-8,10-12H2,1-4H3/b16-9+,17-13+. The van der Waals surface area contributed by atoms with Crippen molar-refractivity contribution in [3.8, 4) is 0 Å². The number of hydrogen-bond donors (Lipinski definition) is 2. The third-order valence-electron chi connectivity index (χ3n) is 3.01. The summed E-state index contributed by atoms with van der Waals surface area (Å²) < 4.78 is 0. The number of nitrogens with one attached hydrogen (secondary N) is 1. The van der Waals surface area contributed by atoms with Gasteiger partial charge in [0.25, 0.3) is 0 Å². The van der Waals surface area contributed by atoms with Crippen LogP contribution >= 0.6 is 0 Å². The Hall–Kier alpha value is -1.64. The zero-order chi connectivity index (χ0) is 15.5. The molecule has 0 rings (SSSR count). The Balaban J connectivity index is 4.99. The van der Waals surface area contributed by atoms with Gasteiger partial charge in [-0.05, 0) is 38.3 Å². The fourth-order valence-corrected chi connectivity index (χ4v) is 1.97. The highest BCUT2D eigenvalue weighted by atomic mass is 16.3. The van der Waals surface area contributed by atoms with Gasteiger partial charge in [-0.3, -0.25) is 0 Å². The smallest absolute Gasteiger partial charge is 0.138 e. The molecule has 0 unspecified atom stereocenters. The first kappa shape index (κ1) is 18.4. The first-order valence-corrected chi connectivity index (χ1v) is 7.46. The van der Waals surface area contributed by atoms with Gasteiger partial charge in [0.2, 0.25) is 0 Å². The van der Waals surface area contributed by atoms with E-state index in [4.69, 9.17) is 0 Å². The maximum atomic E-state index is 10.3. The molecule has 0 aromatic heterocycles. The van der Waals surface area contributed by atoms with Crippen LogP contribution in [-0.4, -0.2) is 29.6 Å². The second-order valence-electron chi connectivity index (χ2n) is 4.72. The predicted octanol–water partition coefficient (Wildman–Crippen LogP) is 4.13. The first-order valence-electron chi connectivity index (χ1n) is 7.46. The van der Waals surface area contributed by atoms with Gasteiger partial charge in [-0.2, -0.15) is 0 Å². The van der Waals surface area contributed by atoms with Crippen molar-refractivity contribution in [1.29, 1.82) is 0 Å². The highest BCUT2D eigenvalue weighted by Crippen LogP contribution is 2.16. The lowest BCUT2D eigenvalue weighted by Crippen LogP contribution is -2.25. The van der Waals surface area contributed by atoms with E-state index >= 15 is 0 Å². The normalized spacial score (nSPS) is 12.2. The molecule has 0 aliphatic heterocycles. The molecule has 0 saturated carbocycles. The number of rotatable bonds is 10. The minimum absolute atomic E-state index is 0.207. The van der Waals surface area contributed by atoms with E-state index in [1.165, 1.54) is 0 Å². The van der Waals surface area contributed by atoms with Crippen LogP contribution in [-0.2, 0) is 0 Å². The molecule has 0 aliphatic rings. The third-order valence-corrected chi connectivity index (χ3v) is 3.01. The summed E-state index contributed by atoms with van der Waals surface area (Å²) >= 11 is 0. The van der Waals surface area contributed by atoms with E-state index in [9.17, 15) is 5.11 Å². The van der Waals surface area contributed by atoms with E-state index in [2.05, 4.69) is 37.2 Å². The van der Waals surface area contributed by atoms with Crippen LogP contribution in [0.4, 0.5) is 0 Å². The van der Waals surface area contributed by atoms with Gasteiger partial charge in [0.1, 0.15) is 5.76 Å². The van der Waals surface area contributed by atoms with E-state index in [1.807, 2.05) is 19.9 Å². The summed E-state index contributed by atoms with van der Waals surface area (Å²) in [7, 11) is 0. The summed E-state index contributed by atoms with van der Waals surface area (Å²) in [4.78, 5) is 2.12. The molecule has 0 aromatic rings. The van der Waals surface area contributed by atoms with Gasteiger partial charge in [0.05, 0.1) is 5.70 Å². The largest absolute Gasteiger partial charge is 0.506 e. The minimum atomic E-state index is 0.207. The molecule has 0 bridgehead atoms. The van der Waals surface area contributed by atoms with Crippen molar-refractivity contribution in [2.75, 3.05) is 19.6 Å². The minimum Gasteiger partial charge on any atom is -0.506 e. The molecule has 0 aromatic carbocycles. The Kier molecular flexibility index (Phi) is 9.35. The van der Waals surface area contributed by atoms with Crippen molar-refractivity contribution >= 4 is 0 Å². The SMILES string of the molecule is C=C(NCC)C(/C=C(/O)C(=C)N(CCC)CCC)=C/C. The second kappa shape index (κ2) is 10.2. The van der Waals surface area contributed by atoms with E-state index in [0.717, 1.165) is 43.7 Å². The molecule has 0 radical (unpaired) electrons. The lowest BCUT2D eigenvalue weighted by molar-refractivity contribution is 0.306. The van der Waals surface area contributed by atoms with Crippen LogP contribution < -0.4 is 5.32 Å². The summed E-state index contributed by atoms with van der Waals surface area (Å²) in [6, 6.07) is 0. The quantitative estimate of drug-likeness (QED) is 0.466. The molecule has 3 nitrogen and oxygen atoms in total. The van der Waals surface area contributed by atoms with Gasteiger partial charge in [-0.15, -0.1) is 0 Å². The molecule has 0 aliphatic carbocycles. The molecule has 0 fully saturated rings. The summed E-state index contributed by atoms with van der Waals surface area (Å²) in [6.45, 7) is 18.8. The topological polar surface area (TPSA) is 35.5 Å². The van der Waals surface area contributed by atoms with Crippen LogP contribution in [0, 0.1) is 0 Å². The van der Waals surface area contributed by atoms with Gasteiger partial charge in [0, 0.05) is 25.3 Å². The van der Waals surface area contributed by atoms with Gasteiger partial charge < -0.3 is 15.3 Å². The Bertz CT molecular complexity index is 374. The lowest BCUT2D eigenvalue weighted by Gasteiger charge is -2.25. The fourth-order valence-electron chi connectivity index (χ4n) is 1.97. The van der Waals surface area contributed by atoms with Crippen LogP contribution in [0.1, 0.15) is 40.5 Å². The van der Waals surface area contributed by atoms with Gasteiger partial charge in [0.15, 0.2) is 0 Å². The van der Waals surface area contributed by atoms with Crippen molar-refractivity contribution in [3.05, 3.63) is 48.0 Å². The summed E-state index contributed by atoms with van der Waals surface area (Å²) in [5, 5.41) is 13.4. The van der Waals surface area contributed by atoms with Crippen LogP contribution in [0.25, 0.3) is 0 Å². The second-order valence-corrected chi connectivity index (χ2v) is 4.72. The van der Waals surface area contributed by atoms with Crippen molar-refractivity contribution in [3.63, 3.8) is 0 Å². The monoisotopic (exact) mass is 278 g/mol. The van der Waals surface area contributed by atoms with Crippen LogP contribution in [0.15, 0.2) is 48.0 Å². The van der Waals surface area contributed by atoms with Crippen molar-refractivity contribution in [1.82, 2.24) is 10.2 Å². The maximum absolute atomic E-state index is 10.3. The number of nitrogens with zero attached hydrogens (tertiary/aromatic N) is 1. The zero-order valence-corrected chi connectivity index (χ0v) is 13.5. The summed E-state index contributed by atoms with van der Waals surface area (Å²) in [6.07, 6.45) is 5.73. The molecular weight excluding hydrogens is 248 g/mol. The van der Waals surface area contributed by atoms with Crippen molar-refractivity contribution < 1.29 is 5.11 Å². The Morgan fingerprint density at radius 1 is 1.15 bits per heavy atom. The molecule has 0 saturated heterocycles. The van der Waals surface area contributed by atoms with Gasteiger partial charge in [-0.25, -0.2) is 0 Å². The molecule has 0 atom stereocenters. The van der Waals surface area contributed by atoms with Crippen LogP contribution in [0.5, 0.6) is 0 Å². The number of allylic oxidation sites excluding steroid dienone is 2. The molecule has 3 heteroatoms. The molecule has 0 spiro atoms. The highest BCUT2D eigenvalue weighted by Gasteiger charge is 2.10. The van der Waals surface area contributed by atoms with Gasteiger partial charge >= 0.3 is 0 Å². The Morgan fingerprint density at radius 2 is 1.70 bits per heavy atom. The first-order chi connectivity index (χ1) is 9.51. The number of likely N-dealkylation sites (N-methyl/N-ethyl adjacent to an activating group) is 1. The lowest BCUT2D eigenvalue weighted by atomic mass is 10.1. The van der Waals surface area contributed by atoms with Crippen LogP contribution in [0.2, 0.25) is 0 Å². The average molecular weight is 278 g/mol.